The first kappa shape index (κ1) is 13.0. The number of ether oxygens (including phenoxy) is 1. The Bertz CT molecular complexity index is 828. The van der Waals surface area contributed by atoms with Crippen LogP contribution in [0.5, 0.6) is 5.75 Å². The fourth-order valence-electron chi connectivity index (χ4n) is 2.93. The lowest BCUT2D eigenvalue weighted by Crippen LogP contribution is -2.14. The SMILES string of the molecule is ClCc1nc2c(Cl)cccc2n1C1COc2ccccc21. The minimum Gasteiger partial charge on any atom is -0.491 e. The second-order valence-electron chi connectivity index (χ2n) is 5.00. The van der Waals surface area contributed by atoms with Gasteiger partial charge < -0.3 is 9.30 Å². The van der Waals surface area contributed by atoms with Gasteiger partial charge in [0, 0.05) is 5.56 Å². The molecule has 106 valence electrons. The number of hydrogen-bond acceptors (Lipinski definition) is 2. The Morgan fingerprint density at radius 2 is 2.05 bits per heavy atom. The van der Waals surface area contributed by atoms with Crippen molar-refractivity contribution in [3.05, 3.63) is 58.9 Å². The van der Waals surface area contributed by atoms with Gasteiger partial charge in [0.1, 0.15) is 23.7 Å². The molecule has 5 heteroatoms. The van der Waals surface area contributed by atoms with E-state index in [1.807, 2.05) is 36.4 Å². The molecule has 0 aliphatic carbocycles. The van der Waals surface area contributed by atoms with Crippen molar-refractivity contribution in [3.8, 4) is 5.75 Å². The summed E-state index contributed by atoms with van der Waals surface area (Å²) in [7, 11) is 0. The zero-order chi connectivity index (χ0) is 14.4. The zero-order valence-corrected chi connectivity index (χ0v) is 12.6. The van der Waals surface area contributed by atoms with E-state index in [1.165, 1.54) is 0 Å². The van der Waals surface area contributed by atoms with Gasteiger partial charge in [-0.05, 0) is 18.2 Å². The molecular formula is C16H12Cl2N2O. The van der Waals surface area contributed by atoms with Gasteiger partial charge in [-0.3, -0.25) is 0 Å². The van der Waals surface area contributed by atoms with Gasteiger partial charge in [-0.1, -0.05) is 35.9 Å². The van der Waals surface area contributed by atoms with Gasteiger partial charge >= 0.3 is 0 Å². The standard InChI is InChI=1S/C16H12Cl2N2O/c17-8-15-19-16-11(18)5-3-6-12(16)20(15)13-9-21-14-7-2-1-4-10(13)14/h1-7,13H,8-9H2. The molecule has 0 spiro atoms. The summed E-state index contributed by atoms with van der Waals surface area (Å²) < 4.78 is 7.93. The molecule has 0 N–H and O–H groups in total. The van der Waals surface area contributed by atoms with E-state index in [9.17, 15) is 0 Å². The highest BCUT2D eigenvalue weighted by molar-refractivity contribution is 6.35. The van der Waals surface area contributed by atoms with E-state index in [0.29, 0.717) is 17.5 Å². The Morgan fingerprint density at radius 3 is 2.90 bits per heavy atom. The molecule has 0 amide bonds. The van der Waals surface area contributed by atoms with E-state index in [-0.39, 0.29) is 6.04 Å². The van der Waals surface area contributed by atoms with E-state index in [4.69, 9.17) is 27.9 Å². The highest BCUT2D eigenvalue weighted by Crippen LogP contribution is 2.38. The molecule has 1 aliphatic heterocycles. The lowest BCUT2D eigenvalue weighted by atomic mass is 10.1. The molecule has 1 aromatic heterocycles. The van der Waals surface area contributed by atoms with Gasteiger partial charge in [-0.25, -0.2) is 4.98 Å². The number of rotatable bonds is 2. The van der Waals surface area contributed by atoms with E-state index < -0.39 is 0 Å². The van der Waals surface area contributed by atoms with Crippen LogP contribution >= 0.6 is 23.2 Å². The van der Waals surface area contributed by atoms with E-state index in [1.54, 1.807) is 0 Å². The summed E-state index contributed by atoms with van der Waals surface area (Å²) in [6.45, 7) is 0.585. The molecular weight excluding hydrogens is 307 g/mol. The lowest BCUT2D eigenvalue weighted by Gasteiger charge is -2.15. The maximum absolute atomic E-state index is 6.26. The summed E-state index contributed by atoms with van der Waals surface area (Å²) in [6, 6.07) is 14.0. The first-order chi connectivity index (χ1) is 10.3. The first-order valence-corrected chi connectivity index (χ1v) is 7.64. The van der Waals surface area contributed by atoms with Crippen LogP contribution in [-0.4, -0.2) is 16.2 Å². The molecule has 1 atom stereocenters. The average molecular weight is 319 g/mol. The predicted octanol–water partition coefficient (Wildman–Crippen LogP) is 4.41. The molecule has 21 heavy (non-hydrogen) atoms. The van der Waals surface area contributed by atoms with Crippen molar-refractivity contribution in [3.63, 3.8) is 0 Å². The fraction of sp³-hybridized carbons (Fsp3) is 0.188. The Morgan fingerprint density at radius 1 is 1.19 bits per heavy atom. The van der Waals surface area contributed by atoms with Crippen molar-refractivity contribution in [2.75, 3.05) is 6.61 Å². The minimum absolute atomic E-state index is 0.0819. The van der Waals surface area contributed by atoms with Crippen LogP contribution in [0.2, 0.25) is 5.02 Å². The molecule has 0 saturated heterocycles. The smallest absolute Gasteiger partial charge is 0.125 e. The Kier molecular flexibility index (Phi) is 3.05. The number of alkyl halides is 1. The van der Waals surface area contributed by atoms with Gasteiger partial charge in [0.25, 0.3) is 0 Å². The summed E-state index contributed by atoms with van der Waals surface area (Å²) in [4.78, 5) is 4.59. The van der Waals surface area contributed by atoms with Crippen molar-refractivity contribution in [1.29, 1.82) is 0 Å². The maximum Gasteiger partial charge on any atom is 0.125 e. The molecule has 2 heterocycles. The summed E-state index contributed by atoms with van der Waals surface area (Å²) in [5, 5.41) is 0.643. The molecule has 2 aromatic carbocycles. The van der Waals surface area contributed by atoms with Crippen molar-refractivity contribution < 1.29 is 4.74 Å². The third kappa shape index (κ3) is 1.92. The number of aromatic nitrogens is 2. The first-order valence-electron chi connectivity index (χ1n) is 6.72. The second kappa shape index (κ2) is 4.93. The number of benzene rings is 2. The summed E-state index contributed by atoms with van der Waals surface area (Å²) in [5.41, 5.74) is 2.94. The lowest BCUT2D eigenvalue weighted by molar-refractivity contribution is 0.317. The quantitative estimate of drug-likeness (QED) is 0.654. The number of imidazole rings is 1. The third-order valence-electron chi connectivity index (χ3n) is 3.85. The summed E-state index contributed by atoms with van der Waals surface area (Å²) in [6.07, 6.45) is 0. The predicted molar refractivity (Wildman–Crippen MR) is 84.4 cm³/mol. The van der Waals surface area contributed by atoms with Gasteiger partial charge in [0.15, 0.2) is 0 Å². The topological polar surface area (TPSA) is 27.1 Å². The zero-order valence-electron chi connectivity index (χ0n) is 11.1. The number of nitrogens with zero attached hydrogens (tertiary/aromatic N) is 2. The molecule has 3 aromatic rings. The van der Waals surface area contributed by atoms with Crippen LogP contribution < -0.4 is 4.74 Å². The van der Waals surface area contributed by atoms with Crippen LogP contribution in [0, 0.1) is 0 Å². The van der Waals surface area contributed by atoms with E-state index in [2.05, 4.69) is 15.6 Å². The Hall–Kier alpha value is -1.71. The molecule has 3 nitrogen and oxygen atoms in total. The Labute approximate surface area is 132 Å². The normalized spacial score (nSPS) is 17.0. The summed E-state index contributed by atoms with van der Waals surface area (Å²) in [5.74, 6) is 2.07. The molecule has 0 radical (unpaired) electrons. The Balaban J connectivity index is 1.97. The number of halogens is 2. The van der Waals surface area contributed by atoms with Gasteiger partial charge in [-0.15, -0.1) is 11.6 Å². The van der Waals surface area contributed by atoms with Gasteiger partial charge in [0.2, 0.25) is 0 Å². The minimum atomic E-state index is 0.0819. The molecule has 1 aliphatic rings. The van der Waals surface area contributed by atoms with Crippen LogP contribution in [0.3, 0.4) is 0 Å². The van der Waals surface area contributed by atoms with Crippen molar-refractivity contribution in [1.82, 2.24) is 9.55 Å². The molecule has 0 saturated carbocycles. The average Bonchev–Trinajstić information content (AvgIpc) is 3.08. The number of hydrogen-bond donors (Lipinski definition) is 0. The van der Waals surface area contributed by atoms with Gasteiger partial charge in [0.05, 0.1) is 22.5 Å². The monoisotopic (exact) mass is 318 g/mol. The maximum atomic E-state index is 6.26. The summed E-state index contributed by atoms with van der Waals surface area (Å²) >= 11 is 12.4. The highest BCUT2D eigenvalue weighted by atomic mass is 35.5. The molecule has 0 fully saturated rings. The van der Waals surface area contributed by atoms with E-state index in [0.717, 1.165) is 28.2 Å². The second-order valence-corrected chi connectivity index (χ2v) is 5.68. The van der Waals surface area contributed by atoms with Crippen LogP contribution in [0.1, 0.15) is 17.4 Å². The number of para-hydroxylation sites is 2. The van der Waals surface area contributed by atoms with Crippen LogP contribution in [0.4, 0.5) is 0 Å². The van der Waals surface area contributed by atoms with Crippen LogP contribution in [-0.2, 0) is 5.88 Å². The van der Waals surface area contributed by atoms with Crippen LogP contribution in [0.25, 0.3) is 11.0 Å². The number of fused-ring (bicyclic) bond motifs is 2. The highest BCUT2D eigenvalue weighted by Gasteiger charge is 2.28. The van der Waals surface area contributed by atoms with Crippen molar-refractivity contribution in [2.45, 2.75) is 11.9 Å². The van der Waals surface area contributed by atoms with Crippen LogP contribution in [0.15, 0.2) is 42.5 Å². The van der Waals surface area contributed by atoms with E-state index >= 15 is 0 Å². The molecule has 0 bridgehead atoms. The van der Waals surface area contributed by atoms with Crippen molar-refractivity contribution in [2.24, 2.45) is 0 Å². The van der Waals surface area contributed by atoms with Gasteiger partial charge in [-0.2, -0.15) is 0 Å². The third-order valence-corrected chi connectivity index (χ3v) is 4.39. The van der Waals surface area contributed by atoms with Crippen molar-refractivity contribution >= 4 is 34.2 Å². The molecule has 1 unspecified atom stereocenters. The molecule has 4 rings (SSSR count). The largest absolute Gasteiger partial charge is 0.491 e. The fourth-order valence-corrected chi connectivity index (χ4v) is 3.33.